The molecule has 1 saturated heterocycles. The van der Waals surface area contributed by atoms with E-state index in [2.05, 4.69) is 16.3 Å². The highest BCUT2D eigenvalue weighted by Gasteiger charge is 2.32. The van der Waals surface area contributed by atoms with Gasteiger partial charge in [-0.05, 0) is 66.7 Å². The molecule has 1 aliphatic rings. The van der Waals surface area contributed by atoms with Crippen molar-refractivity contribution in [3.63, 3.8) is 0 Å². The number of carbonyl (C=O) groups is 2. The van der Waals surface area contributed by atoms with Crippen LogP contribution < -0.4 is 19.9 Å². The zero-order valence-electron chi connectivity index (χ0n) is 21.6. The van der Waals surface area contributed by atoms with E-state index >= 15 is 0 Å². The summed E-state index contributed by atoms with van der Waals surface area (Å²) in [6, 6.07) is 25.2. The number of nitrogens with one attached hydrogen (secondary N) is 1. The number of methoxy groups -OCH3 is 1. The highest BCUT2D eigenvalue weighted by atomic mass is 16.5. The van der Waals surface area contributed by atoms with E-state index in [1.54, 1.807) is 37.4 Å². The van der Waals surface area contributed by atoms with Gasteiger partial charge >= 0.3 is 12.0 Å². The standard InChI is InChI=1S/C30H27N5O4/c1-33(30(37)32-22-8-5-7-21(17-22)18-31)23-11-13-24(14-12-23)39-25-19-35(20-25)27-10-6-9-26(29(36)38-2)28(27)34-15-3-4-16-34/h3-17,25H,19-20H2,1-2H3,(H,32,37). The van der Waals surface area contributed by atoms with Gasteiger partial charge in [0.15, 0.2) is 0 Å². The topological polar surface area (TPSA) is 99.8 Å². The lowest BCUT2D eigenvalue weighted by atomic mass is 10.1. The van der Waals surface area contributed by atoms with Gasteiger partial charge in [0.1, 0.15) is 11.9 Å². The number of ether oxygens (including phenoxy) is 2. The van der Waals surface area contributed by atoms with Gasteiger partial charge in [0, 0.05) is 30.8 Å². The molecule has 0 saturated carbocycles. The van der Waals surface area contributed by atoms with Gasteiger partial charge in [-0.1, -0.05) is 12.1 Å². The van der Waals surface area contributed by atoms with Crippen molar-refractivity contribution in [2.75, 3.05) is 42.4 Å². The van der Waals surface area contributed by atoms with Crippen LogP contribution in [-0.4, -0.2) is 49.9 Å². The molecule has 0 aliphatic carbocycles. The van der Waals surface area contributed by atoms with E-state index in [1.807, 2.05) is 65.5 Å². The fraction of sp³-hybridized carbons (Fsp3) is 0.167. The number of hydrogen-bond acceptors (Lipinski definition) is 6. The fourth-order valence-electron chi connectivity index (χ4n) is 4.46. The third-order valence-electron chi connectivity index (χ3n) is 6.55. The maximum atomic E-state index is 12.7. The molecule has 0 spiro atoms. The molecule has 1 N–H and O–H groups in total. The number of esters is 1. The Kier molecular flexibility index (Phi) is 7.19. The van der Waals surface area contributed by atoms with Crippen molar-refractivity contribution < 1.29 is 19.1 Å². The zero-order chi connectivity index (χ0) is 27.4. The summed E-state index contributed by atoms with van der Waals surface area (Å²) in [5.74, 6) is 0.316. The molecule has 2 amide bonds. The molecular weight excluding hydrogens is 494 g/mol. The molecule has 9 heteroatoms. The van der Waals surface area contributed by atoms with Gasteiger partial charge < -0.3 is 24.3 Å². The quantitative estimate of drug-likeness (QED) is 0.341. The lowest BCUT2D eigenvalue weighted by molar-refractivity contribution is 0.0600. The molecule has 0 unspecified atom stereocenters. The second-order valence-corrected chi connectivity index (χ2v) is 9.08. The van der Waals surface area contributed by atoms with Gasteiger partial charge in [0.25, 0.3) is 0 Å². The molecule has 3 aromatic carbocycles. The molecule has 1 aromatic heterocycles. The summed E-state index contributed by atoms with van der Waals surface area (Å²) in [7, 11) is 3.06. The monoisotopic (exact) mass is 521 g/mol. The summed E-state index contributed by atoms with van der Waals surface area (Å²) in [6.07, 6.45) is 3.78. The zero-order valence-corrected chi connectivity index (χ0v) is 21.6. The Balaban J connectivity index is 1.21. The first-order valence-corrected chi connectivity index (χ1v) is 12.4. The van der Waals surface area contributed by atoms with Crippen LogP contribution in [0.4, 0.5) is 21.9 Å². The molecule has 0 radical (unpaired) electrons. The van der Waals surface area contributed by atoms with E-state index in [-0.39, 0.29) is 18.1 Å². The molecule has 1 fully saturated rings. The van der Waals surface area contributed by atoms with E-state index in [9.17, 15) is 9.59 Å². The Morgan fingerprint density at radius 2 is 1.72 bits per heavy atom. The van der Waals surface area contributed by atoms with Crippen molar-refractivity contribution in [3.05, 3.63) is 102 Å². The number of nitrogens with zero attached hydrogens (tertiary/aromatic N) is 4. The van der Waals surface area contributed by atoms with Crippen molar-refractivity contribution in [1.82, 2.24) is 4.57 Å². The number of anilines is 3. The second kappa shape index (κ2) is 11.0. The van der Waals surface area contributed by atoms with Crippen molar-refractivity contribution >= 4 is 29.1 Å². The first-order chi connectivity index (χ1) is 19.0. The van der Waals surface area contributed by atoms with Crippen LogP contribution in [0.3, 0.4) is 0 Å². The number of urea groups is 1. The number of nitriles is 1. The van der Waals surface area contributed by atoms with Crippen LogP contribution in [0.15, 0.2) is 91.3 Å². The lowest BCUT2D eigenvalue weighted by Gasteiger charge is -2.41. The fourth-order valence-corrected chi connectivity index (χ4v) is 4.46. The van der Waals surface area contributed by atoms with Gasteiger partial charge in [-0.3, -0.25) is 4.90 Å². The van der Waals surface area contributed by atoms with Crippen LogP contribution in [0.2, 0.25) is 0 Å². The Hall–Kier alpha value is -5.23. The molecule has 1 aliphatic heterocycles. The SMILES string of the molecule is COC(=O)c1cccc(N2CC(Oc3ccc(N(C)C(=O)Nc4cccc(C#N)c4)cc3)C2)c1-n1cccc1. The summed E-state index contributed by atoms with van der Waals surface area (Å²) < 4.78 is 13.1. The van der Waals surface area contributed by atoms with Crippen molar-refractivity contribution in [2.24, 2.45) is 0 Å². The number of para-hydroxylation sites is 1. The Labute approximate surface area is 226 Å². The second-order valence-electron chi connectivity index (χ2n) is 9.08. The number of rotatable bonds is 7. The number of amides is 2. The molecule has 0 atom stereocenters. The average Bonchev–Trinajstić information content (AvgIpc) is 3.48. The highest BCUT2D eigenvalue weighted by Crippen LogP contribution is 2.33. The van der Waals surface area contributed by atoms with E-state index in [0.717, 1.165) is 11.4 Å². The van der Waals surface area contributed by atoms with E-state index in [0.29, 0.717) is 41.3 Å². The number of benzene rings is 3. The van der Waals surface area contributed by atoms with Gasteiger partial charge in [-0.2, -0.15) is 5.26 Å². The van der Waals surface area contributed by atoms with Crippen LogP contribution >= 0.6 is 0 Å². The summed E-state index contributed by atoms with van der Waals surface area (Å²) in [4.78, 5) is 28.8. The normalized spacial score (nSPS) is 12.7. The van der Waals surface area contributed by atoms with Gasteiger partial charge in [-0.25, -0.2) is 9.59 Å². The van der Waals surface area contributed by atoms with E-state index in [1.165, 1.54) is 12.0 Å². The first kappa shape index (κ1) is 25.4. The minimum atomic E-state index is -0.386. The maximum absolute atomic E-state index is 12.7. The molecule has 5 rings (SSSR count). The minimum absolute atomic E-state index is 0.0245. The Bertz CT molecular complexity index is 1520. The summed E-state index contributed by atoms with van der Waals surface area (Å²) >= 11 is 0. The van der Waals surface area contributed by atoms with Crippen molar-refractivity contribution in [2.45, 2.75) is 6.10 Å². The van der Waals surface area contributed by atoms with Crippen LogP contribution in [0, 0.1) is 11.3 Å². The van der Waals surface area contributed by atoms with E-state index in [4.69, 9.17) is 14.7 Å². The maximum Gasteiger partial charge on any atom is 0.340 e. The minimum Gasteiger partial charge on any atom is -0.487 e. The van der Waals surface area contributed by atoms with E-state index < -0.39 is 0 Å². The Morgan fingerprint density at radius 1 is 1.00 bits per heavy atom. The van der Waals surface area contributed by atoms with Crippen LogP contribution in [-0.2, 0) is 4.74 Å². The van der Waals surface area contributed by atoms with Gasteiger partial charge in [0.05, 0.1) is 48.8 Å². The molecular formula is C30H27N5O4. The molecule has 9 nitrogen and oxygen atoms in total. The first-order valence-electron chi connectivity index (χ1n) is 12.4. The van der Waals surface area contributed by atoms with Crippen molar-refractivity contribution in [1.29, 1.82) is 5.26 Å². The van der Waals surface area contributed by atoms with Gasteiger partial charge in [-0.15, -0.1) is 0 Å². The average molecular weight is 522 g/mol. The summed E-state index contributed by atoms with van der Waals surface area (Å²) in [5, 5.41) is 11.9. The lowest BCUT2D eigenvalue weighted by Crippen LogP contribution is -2.54. The van der Waals surface area contributed by atoms with Crippen LogP contribution in [0.25, 0.3) is 5.69 Å². The van der Waals surface area contributed by atoms with Crippen LogP contribution in [0.1, 0.15) is 15.9 Å². The largest absolute Gasteiger partial charge is 0.487 e. The third kappa shape index (κ3) is 5.40. The number of hydrogen-bond donors (Lipinski definition) is 1. The summed E-state index contributed by atoms with van der Waals surface area (Å²) in [5.41, 5.74) is 3.93. The molecule has 2 heterocycles. The predicted molar refractivity (Wildman–Crippen MR) is 149 cm³/mol. The molecule has 0 bridgehead atoms. The Morgan fingerprint density at radius 3 is 2.41 bits per heavy atom. The molecule has 196 valence electrons. The van der Waals surface area contributed by atoms with Crippen LogP contribution in [0.5, 0.6) is 5.75 Å². The molecule has 4 aromatic rings. The van der Waals surface area contributed by atoms with Gasteiger partial charge in [0.2, 0.25) is 0 Å². The molecule has 39 heavy (non-hydrogen) atoms. The highest BCUT2D eigenvalue weighted by molar-refractivity contribution is 6.01. The third-order valence-corrected chi connectivity index (χ3v) is 6.55. The summed E-state index contributed by atoms with van der Waals surface area (Å²) in [6.45, 7) is 1.31. The van der Waals surface area contributed by atoms with Crippen molar-refractivity contribution in [3.8, 4) is 17.5 Å². The smallest absolute Gasteiger partial charge is 0.340 e. The number of carbonyl (C=O) groups excluding carboxylic acids is 2. The predicted octanol–water partition coefficient (Wildman–Crippen LogP) is 5.07. The number of aromatic nitrogens is 1.